The summed E-state index contributed by atoms with van der Waals surface area (Å²) in [5.41, 5.74) is -0.0429. The Morgan fingerprint density at radius 1 is 1.05 bits per heavy atom. The number of rotatable bonds is 9. The highest BCUT2D eigenvalue weighted by molar-refractivity contribution is 4.86. The Hall–Kier alpha value is -0.120. The zero-order chi connectivity index (χ0) is 14.7. The number of hydrogen-bond acceptors (Lipinski definition) is 3. The molecule has 3 heteroatoms. The van der Waals surface area contributed by atoms with Gasteiger partial charge in [0.2, 0.25) is 0 Å². The van der Waals surface area contributed by atoms with Gasteiger partial charge in [-0.05, 0) is 64.7 Å². The molecule has 1 atom stereocenters. The lowest BCUT2D eigenvalue weighted by Gasteiger charge is -2.33. The average molecular weight is 284 g/mol. The highest BCUT2D eigenvalue weighted by atomic mass is 16.3. The standard InChI is InChI=1S/C17H36N2O/c1-3-12-18-17(4-2,16-20)11-10-15-19-13-8-6-5-7-9-14-19/h18,20H,3-16H2,1-2H3. The number of hydrogen-bond donors (Lipinski definition) is 2. The zero-order valence-electron chi connectivity index (χ0n) is 13.8. The van der Waals surface area contributed by atoms with Gasteiger partial charge in [0.1, 0.15) is 0 Å². The zero-order valence-corrected chi connectivity index (χ0v) is 13.8. The highest BCUT2D eigenvalue weighted by Gasteiger charge is 2.25. The van der Waals surface area contributed by atoms with Gasteiger partial charge in [0.25, 0.3) is 0 Å². The van der Waals surface area contributed by atoms with Crippen LogP contribution in [0.1, 0.15) is 71.6 Å². The van der Waals surface area contributed by atoms with Crippen molar-refractivity contribution in [3.63, 3.8) is 0 Å². The molecule has 1 aliphatic rings. The van der Waals surface area contributed by atoms with Crippen LogP contribution in [0.4, 0.5) is 0 Å². The minimum atomic E-state index is -0.0429. The van der Waals surface area contributed by atoms with Crippen LogP contribution in [0.15, 0.2) is 0 Å². The van der Waals surface area contributed by atoms with E-state index in [2.05, 4.69) is 24.1 Å². The molecule has 1 saturated heterocycles. The predicted octanol–water partition coefficient (Wildman–Crippen LogP) is 3.17. The van der Waals surface area contributed by atoms with E-state index in [0.29, 0.717) is 0 Å². The second-order valence-electron chi connectivity index (χ2n) is 6.43. The maximum Gasteiger partial charge on any atom is 0.0613 e. The molecule has 0 amide bonds. The molecule has 0 aromatic rings. The Morgan fingerprint density at radius 3 is 2.25 bits per heavy atom. The Kier molecular flexibility index (Phi) is 9.49. The van der Waals surface area contributed by atoms with E-state index < -0.39 is 0 Å². The predicted molar refractivity (Wildman–Crippen MR) is 87.2 cm³/mol. The first-order valence-electron chi connectivity index (χ1n) is 8.84. The van der Waals surface area contributed by atoms with Gasteiger partial charge in [0, 0.05) is 5.54 Å². The number of aliphatic hydroxyl groups is 1. The van der Waals surface area contributed by atoms with E-state index in [0.717, 1.165) is 25.8 Å². The third-order valence-corrected chi connectivity index (χ3v) is 4.81. The van der Waals surface area contributed by atoms with Gasteiger partial charge in [-0.1, -0.05) is 33.1 Å². The van der Waals surface area contributed by atoms with Crippen LogP contribution in [0.25, 0.3) is 0 Å². The van der Waals surface area contributed by atoms with Gasteiger partial charge in [-0.15, -0.1) is 0 Å². The molecule has 2 N–H and O–H groups in total. The number of likely N-dealkylation sites (tertiary alicyclic amines) is 1. The average Bonchev–Trinajstić information content (AvgIpc) is 2.45. The lowest BCUT2D eigenvalue weighted by atomic mass is 9.91. The Morgan fingerprint density at radius 2 is 1.70 bits per heavy atom. The first-order valence-corrected chi connectivity index (χ1v) is 8.84. The third-order valence-electron chi connectivity index (χ3n) is 4.81. The van der Waals surface area contributed by atoms with E-state index in [4.69, 9.17) is 0 Å². The van der Waals surface area contributed by atoms with Crippen LogP contribution in [0.5, 0.6) is 0 Å². The fraction of sp³-hybridized carbons (Fsp3) is 1.00. The quantitative estimate of drug-likeness (QED) is 0.682. The molecular weight excluding hydrogens is 248 g/mol. The van der Waals surface area contributed by atoms with Crippen molar-refractivity contribution in [3.05, 3.63) is 0 Å². The summed E-state index contributed by atoms with van der Waals surface area (Å²) in [5.74, 6) is 0. The van der Waals surface area contributed by atoms with Crippen molar-refractivity contribution in [3.8, 4) is 0 Å². The molecule has 0 radical (unpaired) electrons. The second kappa shape index (κ2) is 10.6. The molecule has 1 rings (SSSR count). The van der Waals surface area contributed by atoms with Crippen LogP contribution in [0.3, 0.4) is 0 Å². The highest BCUT2D eigenvalue weighted by Crippen LogP contribution is 2.18. The SMILES string of the molecule is CCCNC(CC)(CO)CCCN1CCCCCCC1. The van der Waals surface area contributed by atoms with Crippen molar-refractivity contribution in [2.45, 2.75) is 77.2 Å². The van der Waals surface area contributed by atoms with E-state index in [1.54, 1.807) is 0 Å². The summed E-state index contributed by atoms with van der Waals surface area (Å²) in [6.07, 6.45) is 11.4. The van der Waals surface area contributed by atoms with E-state index >= 15 is 0 Å². The minimum absolute atomic E-state index is 0.0429. The normalized spacial score (nSPS) is 21.1. The monoisotopic (exact) mass is 284 g/mol. The number of aliphatic hydroxyl groups excluding tert-OH is 1. The maximum absolute atomic E-state index is 9.75. The molecule has 0 aromatic carbocycles. The lowest BCUT2D eigenvalue weighted by Crippen LogP contribution is -2.48. The van der Waals surface area contributed by atoms with Gasteiger partial charge in [0.05, 0.1) is 6.61 Å². The smallest absolute Gasteiger partial charge is 0.0613 e. The number of nitrogens with one attached hydrogen (secondary N) is 1. The van der Waals surface area contributed by atoms with Crippen LogP contribution in [-0.2, 0) is 0 Å². The molecule has 0 saturated carbocycles. The fourth-order valence-corrected chi connectivity index (χ4v) is 3.20. The molecule has 1 aliphatic heterocycles. The first kappa shape index (κ1) is 17.9. The van der Waals surface area contributed by atoms with Crippen molar-refractivity contribution in [2.24, 2.45) is 0 Å². The lowest BCUT2D eigenvalue weighted by molar-refractivity contribution is 0.137. The van der Waals surface area contributed by atoms with Crippen LogP contribution in [0, 0.1) is 0 Å². The molecule has 0 aliphatic carbocycles. The van der Waals surface area contributed by atoms with E-state index in [1.165, 1.54) is 58.2 Å². The molecule has 1 heterocycles. The van der Waals surface area contributed by atoms with Crippen LogP contribution in [-0.4, -0.2) is 48.3 Å². The molecule has 1 unspecified atom stereocenters. The molecule has 3 nitrogen and oxygen atoms in total. The summed E-state index contributed by atoms with van der Waals surface area (Å²) in [6.45, 7) is 9.42. The number of nitrogens with zero attached hydrogens (tertiary/aromatic N) is 1. The summed E-state index contributed by atoms with van der Waals surface area (Å²) < 4.78 is 0. The second-order valence-corrected chi connectivity index (χ2v) is 6.43. The van der Waals surface area contributed by atoms with Crippen molar-refractivity contribution in [2.75, 3.05) is 32.8 Å². The Bertz CT molecular complexity index is 221. The summed E-state index contributed by atoms with van der Waals surface area (Å²) in [4.78, 5) is 2.64. The van der Waals surface area contributed by atoms with Crippen molar-refractivity contribution in [1.82, 2.24) is 10.2 Å². The van der Waals surface area contributed by atoms with Gasteiger partial charge < -0.3 is 15.3 Å². The van der Waals surface area contributed by atoms with E-state index in [-0.39, 0.29) is 12.1 Å². The fourth-order valence-electron chi connectivity index (χ4n) is 3.20. The van der Waals surface area contributed by atoms with Crippen molar-refractivity contribution >= 4 is 0 Å². The van der Waals surface area contributed by atoms with Gasteiger partial charge in [0.15, 0.2) is 0 Å². The van der Waals surface area contributed by atoms with Crippen molar-refractivity contribution < 1.29 is 5.11 Å². The Labute approximate surface area is 126 Å². The first-order chi connectivity index (χ1) is 9.76. The van der Waals surface area contributed by atoms with Gasteiger partial charge >= 0.3 is 0 Å². The molecule has 20 heavy (non-hydrogen) atoms. The largest absolute Gasteiger partial charge is 0.394 e. The molecule has 120 valence electrons. The Balaban J connectivity index is 2.30. The summed E-state index contributed by atoms with van der Waals surface area (Å²) in [7, 11) is 0. The van der Waals surface area contributed by atoms with Gasteiger partial charge in [-0.3, -0.25) is 0 Å². The van der Waals surface area contributed by atoms with Gasteiger partial charge in [-0.2, -0.15) is 0 Å². The summed E-state index contributed by atoms with van der Waals surface area (Å²) in [6, 6.07) is 0. The minimum Gasteiger partial charge on any atom is -0.394 e. The topological polar surface area (TPSA) is 35.5 Å². The van der Waals surface area contributed by atoms with Crippen LogP contribution < -0.4 is 5.32 Å². The molecule has 0 aromatic heterocycles. The van der Waals surface area contributed by atoms with E-state index in [9.17, 15) is 5.11 Å². The molecule has 0 spiro atoms. The van der Waals surface area contributed by atoms with Gasteiger partial charge in [-0.25, -0.2) is 0 Å². The molecule has 1 fully saturated rings. The van der Waals surface area contributed by atoms with Crippen LogP contribution >= 0.6 is 0 Å². The summed E-state index contributed by atoms with van der Waals surface area (Å²) in [5, 5.41) is 13.3. The molecular formula is C17H36N2O. The molecule has 0 bridgehead atoms. The third kappa shape index (κ3) is 6.55. The van der Waals surface area contributed by atoms with Crippen LogP contribution in [0.2, 0.25) is 0 Å². The van der Waals surface area contributed by atoms with E-state index in [1.807, 2.05) is 0 Å². The maximum atomic E-state index is 9.75. The van der Waals surface area contributed by atoms with Crippen molar-refractivity contribution in [1.29, 1.82) is 0 Å². The summed E-state index contributed by atoms with van der Waals surface area (Å²) >= 11 is 0.